The van der Waals surface area contributed by atoms with Crippen LogP contribution in [0.4, 0.5) is 5.69 Å². The molecule has 2 aromatic carbocycles. The molecule has 0 aliphatic carbocycles. The van der Waals surface area contributed by atoms with Crippen LogP contribution in [0.15, 0.2) is 64.2 Å². The van der Waals surface area contributed by atoms with Crippen molar-refractivity contribution < 1.29 is 9.59 Å². The Morgan fingerprint density at radius 3 is 2.46 bits per heavy atom. The Bertz CT molecular complexity index is 788. The van der Waals surface area contributed by atoms with E-state index >= 15 is 0 Å². The van der Waals surface area contributed by atoms with Crippen LogP contribution >= 0.6 is 15.9 Å². The maximum Gasteiger partial charge on any atom is 0.258 e. The van der Waals surface area contributed by atoms with Crippen LogP contribution in [-0.2, 0) is 9.59 Å². The highest BCUT2D eigenvalue weighted by Gasteiger charge is 2.39. The highest BCUT2D eigenvalue weighted by molar-refractivity contribution is 9.10. The van der Waals surface area contributed by atoms with Crippen LogP contribution in [0.3, 0.4) is 0 Å². The topological polar surface area (TPSA) is 61.8 Å². The lowest BCUT2D eigenvalue weighted by Gasteiger charge is -2.14. The Labute approximate surface area is 148 Å². The van der Waals surface area contributed by atoms with E-state index in [2.05, 4.69) is 26.5 Å². The van der Waals surface area contributed by atoms with E-state index in [4.69, 9.17) is 0 Å². The molecule has 1 unspecified atom stereocenters. The molecule has 1 saturated heterocycles. The SMILES string of the molecule is C/C(=N\NC1CC(=O)N(c2ccccc2)C1=O)c1ccc(Br)cc1. The average molecular weight is 386 g/mol. The van der Waals surface area contributed by atoms with Gasteiger partial charge >= 0.3 is 0 Å². The van der Waals surface area contributed by atoms with Crippen molar-refractivity contribution in [1.82, 2.24) is 5.43 Å². The van der Waals surface area contributed by atoms with Gasteiger partial charge in [0.05, 0.1) is 17.8 Å². The van der Waals surface area contributed by atoms with Gasteiger partial charge < -0.3 is 0 Å². The summed E-state index contributed by atoms with van der Waals surface area (Å²) in [7, 11) is 0. The lowest BCUT2D eigenvalue weighted by Crippen LogP contribution is -2.37. The molecular weight excluding hydrogens is 370 g/mol. The smallest absolute Gasteiger partial charge is 0.258 e. The molecule has 122 valence electrons. The summed E-state index contributed by atoms with van der Waals surface area (Å²) in [5.41, 5.74) is 5.12. The Morgan fingerprint density at radius 1 is 1.12 bits per heavy atom. The summed E-state index contributed by atoms with van der Waals surface area (Å²) in [6.07, 6.45) is 0.102. The maximum atomic E-state index is 12.5. The Kier molecular flexibility index (Phi) is 4.76. The lowest BCUT2D eigenvalue weighted by atomic mass is 10.1. The molecule has 2 aromatic rings. The summed E-state index contributed by atoms with van der Waals surface area (Å²) in [5, 5.41) is 4.27. The number of halogens is 1. The number of hydrogen-bond acceptors (Lipinski definition) is 4. The summed E-state index contributed by atoms with van der Waals surface area (Å²) < 4.78 is 0.988. The van der Waals surface area contributed by atoms with Gasteiger partial charge in [-0.05, 0) is 36.8 Å². The summed E-state index contributed by atoms with van der Waals surface area (Å²) in [6, 6.07) is 16.0. The molecule has 0 radical (unpaired) electrons. The minimum absolute atomic E-state index is 0.102. The molecule has 5 nitrogen and oxygen atoms in total. The Hall–Kier alpha value is -2.47. The zero-order valence-electron chi connectivity index (χ0n) is 13.1. The number of para-hydroxylation sites is 1. The minimum atomic E-state index is -0.636. The molecule has 0 spiro atoms. The Balaban J connectivity index is 1.72. The van der Waals surface area contributed by atoms with Gasteiger partial charge in [0.15, 0.2) is 0 Å². The molecule has 1 atom stereocenters. The predicted molar refractivity (Wildman–Crippen MR) is 96.8 cm³/mol. The van der Waals surface area contributed by atoms with Crippen molar-refractivity contribution >= 4 is 39.1 Å². The van der Waals surface area contributed by atoms with Crippen molar-refractivity contribution in [3.05, 3.63) is 64.6 Å². The normalized spacial score (nSPS) is 18.2. The summed E-state index contributed by atoms with van der Waals surface area (Å²) in [6.45, 7) is 1.85. The van der Waals surface area contributed by atoms with Gasteiger partial charge in [0.2, 0.25) is 5.91 Å². The van der Waals surface area contributed by atoms with E-state index in [0.29, 0.717) is 5.69 Å². The first-order valence-corrected chi connectivity index (χ1v) is 8.33. The molecule has 6 heteroatoms. The second kappa shape index (κ2) is 6.97. The van der Waals surface area contributed by atoms with Crippen LogP contribution in [0.1, 0.15) is 18.9 Å². The first-order valence-electron chi connectivity index (χ1n) is 7.54. The van der Waals surface area contributed by atoms with Gasteiger partial charge in [-0.2, -0.15) is 5.10 Å². The third kappa shape index (κ3) is 3.38. The lowest BCUT2D eigenvalue weighted by molar-refractivity contribution is -0.121. The fraction of sp³-hybridized carbons (Fsp3) is 0.167. The maximum absolute atomic E-state index is 12.5. The first-order chi connectivity index (χ1) is 11.6. The van der Waals surface area contributed by atoms with Gasteiger partial charge in [-0.15, -0.1) is 0 Å². The van der Waals surface area contributed by atoms with Gasteiger partial charge in [-0.3, -0.25) is 15.0 Å². The molecular formula is C18H16BrN3O2. The predicted octanol–water partition coefficient (Wildman–Crippen LogP) is 3.09. The van der Waals surface area contributed by atoms with Crippen molar-refractivity contribution in [3.8, 4) is 0 Å². The molecule has 0 bridgehead atoms. The molecule has 3 rings (SSSR count). The minimum Gasteiger partial charge on any atom is -0.297 e. The molecule has 0 saturated carbocycles. The number of hydrazone groups is 1. The van der Waals surface area contributed by atoms with Crippen LogP contribution in [0.25, 0.3) is 0 Å². The monoisotopic (exact) mass is 385 g/mol. The van der Waals surface area contributed by atoms with Crippen LogP contribution in [0, 0.1) is 0 Å². The molecule has 2 amide bonds. The highest BCUT2D eigenvalue weighted by Crippen LogP contribution is 2.22. The van der Waals surface area contributed by atoms with Crippen LogP contribution in [0.5, 0.6) is 0 Å². The largest absolute Gasteiger partial charge is 0.297 e. The number of nitrogens with zero attached hydrogens (tertiary/aromatic N) is 2. The van der Waals surface area contributed by atoms with Crippen molar-refractivity contribution in [3.63, 3.8) is 0 Å². The molecule has 1 N–H and O–H groups in total. The number of anilines is 1. The number of carbonyl (C=O) groups is 2. The number of nitrogens with one attached hydrogen (secondary N) is 1. The van der Waals surface area contributed by atoms with Crippen LogP contribution < -0.4 is 10.3 Å². The summed E-state index contributed by atoms with van der Waals surface area (Å²) in [4.78, 5) is 25.8. The molecule has 1 fully saturated rings. The van der Waals surface area contributed by atoms with Crippen molar-refractivity contribution in [2.75, 3.05) is 4.90 Å². The van der Waals surface area contributed by atoms with Crippen molar-refractivity contribution in [2.24, 2.45) is 5.10 Å². The molecule has 1 aliphatic rings. The zero-order valence-corrected chi connectivity index (χ0v) is 14.7. The van der Waals surface area contributed by atoms with Crippen molar-refractivity contribution in [1.29, 1.82) is 0 Å². The summed E-state index contributed by atoms with van der Waals surface area (Å²) >= 11 is 3.39. The average Bonchev–Trinajstić information content (AvgIpc) is 2.88. The number of carbonyl (C=O) groups excluding carboxylic acids is 2. The number of amides is 2. The van der Waals surface area contributed by atoms with Gasteiger partial charge in [-0.1, -0.05) is 46.3 Å². The fourth-order valence-corrected chi connectivity index (χ4v) is 2.78. The van der Waals surface area contributed by atoms with E-state index in [-0.39, 0.29) is 18.2 Å². The van der Waals surface area contributed by atoms with Crippen molar-refractivity contribution in [2.45, 2.75) is 19.4 Å². The van der Waals surface area contributed by atoms with Gasteiger partial charge in [-0.25, -0.2) is 4.90 Å². The van der Waals surface area contributed by atoms with Gasteiger partial charge in [0, 0.05) is 4.47 Å². The second-order valence-corrected chi connectivity index (χ2v) is 6.41. The van der Waals surface area contributed by atoms with E-state index in [1.807, 2.05) is 37.3 Å². The van der Waals surface area contributed by atoms with E-state index < -0.39 is 6.04 Å². The fourth-order valence-electron chi connectivity index (χ4n) is 2.51. The third-order valence-electron chi connectivity index (χ3n) is 3.81. The number of imide groups is 1. The number of benzene rings is 2. The van der Waals surface area contributed by atoms with Gasteiger partial charge in [0.25, 0.3) is 5.91 Å². The van der Waals surface area contributed by atoms with E-state index in [1.54, 1.807) is 24.3 Å². The standard InChI is InChI=1S/C18H16BrN3O2/c1-12(13-7-9-14(19)10-8-13)20-21-16-11-17(23)22(18(16)24)15-5-3-2-4-6-15/h2-10,16,21H,11H2,1H3/b20-12+. The summed E-state index contributed by atoms with van der Waals surface area (Å²) in [5.74, 6) is -0.501. The zero-order chi connectivity index (χ0) is 17.1. The molecule has 1 aliphatic heterocycles. The molecule has 24 heavy (non-hydrogen) atoms. The van der Waals surface area contributed by atoms with E-state index in [0.717, 1.165) is 15.7 Å². The van der Waals surface area contributed by atoms with Crippen LogP contribution in [-0.4, -0.2) is 23.6 Å². The molecule has 0 aromatic heterocycles. The Morgan fingerprint density at radius 2 is 1.79 bits per heavy atom. The highest BCUT2D eigenvalue weighted by atomic mass is 79.9. The van der Waals surface area contributed by atoms with Crippen LogP contribution in [0.2, 0.25) is 0 Å². The molecule has 1 heterocycles. The first kappa shape index (κ1) is 16.4. The quantitative estimate of drug-likeness (QED) is 0.499. The van der Waals surface area contributed by atoms with Gasteiger partial charge in [0.1, 0.15) is 6.04 Å². The second-order valence-electron chi connectivity index (χ2n) is 5.49. The van der Waals surface area contributed by atoms with E-state index in [9.17, 15) is 9.59 Å². The van der Waals surface area contributed by atoms with E-state index in [1.165, 1.54) is 4.90 Å². The number of rotatable bonds is 4. The third-order valence-corrected chi connectivity index (χ3v) is 4.34. The number of hydrogen-bond donors (Lipinski definition) is 1.